The summed E-state index contributed by atoms with van der Waals surface area (Å²) in [4.78, 5) is 22.0. The average molecular weight is 286 g/mol. The normalized spacial score (nSPS) is 8.95. The Kier molecular flexibility index (Phi) is 7.13. The Bertz CT molecular complexity index is 398. The minimum absolute atomic E-state index is 0.0677. The maximum Gasteiger partial charge on any atom is 0.373 e. The molecule has 0 saturated carbocycles. The van der Waals surface area contributed by atoms with E-state index in [0.717, 1.165) is 11.8 Å². The molecular weight excluding hydrogens is 272 g/mol. The number of ether oxygens (including phenoxy) is 4. The molecule has 0 aliphatic heterocycles. The van der Waals surface area contributed by atoms with Crippen molar-refractivity contribution in [3.8, 4) is 0 Å². The minimum Gasteiger partial charge on any atom is -0.463 e. The third kappa shape index (κ3) is 6.37. The molecule has 0 aliphatic carbocycles. The molecule has 0 radical (unpaired) electrons. The van der Waals surface area contributed by atoms with Gasteiger partial charge >= 0.3 is 11.9 Å². The molecule has 104 valence electrons. The van der Waals surface area contributed by atoms with Gasteiger partial charge in [-0.2, -0.15) is 0 Å². The van der Waals surface area contributed by atoms with Crippen LogP contribution >= 0.6 is 11.8 Å². The Morgan fingerprint density at radius 1 is 0.789 bits per heavy atom. The van der Waals surface area contributed by atoms with Gasteiger partial charge in [0.05, 0.1) is 14.2 Å². The Balaban J connectivity index is 4.24. The lowest BCUT2D eigenvalue weighted by Crippen LogP contribution is -2.07. The molecule has 0 bridgehead atoms. The highest BCUT2D eigenvalue weighted by Crippen LogP contribution is 2.27. The van der Waals surface area contributed by atoms with Crippen molar-refractivity contribution in [3.63, 3.8) is 0 Å². The molecule has 0 amide bonds. The van der Waals surface area contributed by atoms with Gasteiger partial charge in [-0.15, -0.1) is 0 Å². The van der Waals surface area contributed by atoms with Gasteiger partial charge in [-0.05, 0) is 38.1 Å². The first kappa shape index (κ1) is 16.9. The number of rotatable bonds is 8. The predicted octanol–water partition coefficient (Wildman–Crippen LogP) is 2.07. The Hall–Kier alpha value is -2.15. The second-order valence-corrected chi connectivity index (χ2v) is 3.99. The second kappa shape index (κ2) is 8.04. The van der Waals surface area contributed by atoms with Gasteiger partial charge in [0.1, 0.15) is 0 Å². The van der Waals surface area contributed by atoms with Gasteiger partial charge in [0, 0.05) is 0 Å². The first-order chi connectivity index (χ1) is 8.81. The number of methoxy groups -OCH3 is 2. The van der Waals surface area contributed by atoms with Crippen molar-refractivity contribution in [3.05, 3.63) is 48.0 Å². The van der Waals surface area contributed by atoms with Crippen LogP contribution in [0.1, 0.15) is 0 Å². The molecule has 0 unspecified atom stereocenters. The second-order valence-electron chi connectivity index (χ2n) is 2.88. The van der Waals surface area contributed by atoms with E-state index in [0.29, 0.717) is 0 Å². The van der Waals surface area contributed by atoms with Crippen molar-refractivity contribution in [2.24, 2.45) is 0 Å². The number of hydrogen-bond acceptors (Lipinski definition) is 7. The van der Waals surface area contributed by atoms with Crippen molar-refractivity contribution in [1.29, 1.82) is 0 Å². The van der Waals surface area contributed by atoms with Gasteiger partial charge in [-0.3, -0.25) is 0 Å². The van der Waals surface area contributed by atoms with E-state index in [1.165, 1.54) is 14.2 Å². The summed E-state index contributed by atoms with van der Waals surface area (Å²) >= 11 is 0.841. The van der Waals surface area contributed by atoms with E-state index in [1.54, 1.807) is 0 Å². The molecule has 0 aromatic heterocycles. The van der Waals surface area contributed by atoms with Gasteiger partial charge in [0.15, 0.2) is 10.2 Å². The topological polar surface area (TPSA) is 71.1 Å². The lowest BCUT2D eigenvalue weighted by atomic mass is 10.6. The molecule has 0 rings (SSSR count). The largest absolute Gasteiger partial charge is 0.463 e. The van der Waals surface area contributed by atoms with Crippen LogP contribution in [0, 0.1) is 0 Å². The van der Waals surface area contributed by atoms with Gasteiger partial charge in [0.2, 0.25) is 11.5 Å². The van der Waals surface area contributed by atoms with Gasteiger partial charge in [-0.1, -0.05) is 0 Å². The molecule has 0 heterocycles. The number of carbonyl (C=O) groups excluding carboxylic acids is 2. The molecule has 19 heavy (non-hydrogen) atoms. The number of thioether (sulfide) groups is 1. The zero-order valence-electron chi connectivity index (χ0n) is 10.7. The first-order valence-electron chi connectivity index (χ1n) is 4.77. The standard InChI is InChI=1S/C12H14O6S/c1-7(11(13)15-5)17-9(3)19-10(4)18-8(2)12(14)16-6/h1-4H2,5-6H3. The number of esters is 2. The van der Waals surface area contributed by atoms with Crippen LogP contribution < -0.4 is 0 Å². The summed E-state index contributed by atoms with van der Waals surface area (Å²) in [5.74, 6) is -1.93. The third-order valence-corrected chi connectivity index (χ3v) is 2.15. The molecule has 7 heteroatoms. The number of hydrogen-bond donors (Lipinski definition) is 0. The summed E-state index contributed by atoms with van der Waals surface area (Å²) in [6.45, 7) is 13.7. The Morgan fingerprint density at radius 2 is 1.11 bits per heavy atom. The fourth-order valence-electron chi connectivity index (χ4n) is 0.754. The molecule has 0 aliphatic rings. The van der Waals surface area contributed by atoms with Crippen LogP contribution in [0.3, 0.4) is 0 Å². The van der Waals surface area contributed by atoms with E-state index >= 15 is 0 Å². The minimum atomic E-state index is -0.729. The maximum absolute atomic E-state index is 11.0. The van der Waals surface area contributed by atoms with Crippen LogP contribution in [0.15, 0.2) is 48.0 Å². The zero-order valence-corrected chi connectivity index (χ0v) is 11.5. The summed E-state index contributed by atoms with van der Waals surface area (Å²) in [5.41, 5.74) is 0. The zero-order chi connectivity index (χ0) is 15.0. The molecule has 0 fully saturated rings. The van der Waals surface area contributed by atoms with Crippen LogP contribution in [0.5, 0.6) is 0 Å². The molecule has 0 N–H and O–H groups in total. The highest BCUT2D eigenvalue weighted by Gasteiger charge is 2.14. The van der Waals surface area contributed by atoms with Crippen molar-refractivity contribution >= 4 is 23.7 Å². The van der Waals surface area contributed by atoms with E-state index in [-0.39, 0.29) is 21.7 Å². The highest BCUT2D eigenvalue weighted by molar-refractivity contribution is 8.06. The quantitative estimate of drug-likeness (QED) is 0.384. The third-order valence-electron chi connectivity index (χ3n) is 1.53. The Morgan fingerprint density at radius 3 is 1.37 bits per heavy atom. The molecule has 0 saturated heterocycles. The van der Waals surface area contributed by atoms with Crippen molar-refractivity contribution in [2.45, 2.75) is 0 Å². The number of carbonyl (C=O) groups is 2. The van der Waals surface area contributed by atoms with E-state index in [9.17, 15) is 9.59 Å². The van der Waals surface area contributed by atoms with Crippen LogP contribution in [0.2, 0.25) is 0 Å². The lowest BCUT2D eigenvalue weighted by molar-refractivity contribution is -0.139. The fourth-order valence-corrected chi connectivity index (χ4v) is 1.29. The van der Waals surface area contributed by atoms with Crippen LogP contribution in [-0.2, 0) is 28.5 Å². The van der Waals surface area contributed by atoms with Crippen molar-refractivity contribution in [2.75, 3.05) is 14.2 Å². The van der Waals surface area contributed by atoms with Gasteiger partial charge < -0.3 is 18.9 Å². The lowest BCUT2D eigenvalue weighted by Gasteiger charge is -2.11. The molecule has 0 spiro atoms. The maximum atomic E-state index is 11.0. The van der Waals surface area contributed by atoms with Crippen molar-refractivity contribution < 1.29 is 28.5 Å². The van der Waals surface area contributed by atoms with E-state index in [1.807, 2.05) is 0 Å². The molecule has 0 aromatic carbocycles. The first-order valence-corrected chi connectivity index (χ1v) is 5.59. The van der Waals surface area contributed by atoms with E-state index < -0.39 is 11.9 Å². The summed E-state index contributed by atoms with van der Waals surface area (Å²) in [7, 11) is 2.38. The molecule has 0 aromatic rings. The smallest absolute Gasteiger partial charge is 0.373 e. The van der Waals surface area contributed by atoms with Crippen LogP contribution in [0.4, 0.5) is 0 Å². The van der Waals surface area contributed by atoms with Gasteiger partial charge in [0.25, 0.3) is 0 Å². The molecule has 0 atom stereocenters. The summed E-state index contributed by atoms with van der Waals surface area (Å²) < 4.78 is 18.7. The van der Waals surface area contributed by atoms with Crippen LogP contribution in [0.25, 0.3) is 0 Å². The van der Waals surface area contributed by atoms with Crippen LogP contribution in [-0.4, -0.2) is 26.2 Å². The SMILES string of the molecule is C=C(OC(=C)C(=O)OC)SC(=C)OC(=C)C(=O)OC. The van der Waals surface area contributed by atoms with Gasteiger partial charge in [-0.25, -0.2) is 9.59 Å². The summed E-state index contributed by atoms with van der Waals surface area (Å²) in [6.07, 6.45) is 0. The summed E-state index contributed by atoms with van der Waals surface area (Å²) in [6, 6.07) is 0. The average Bonchev–Trinajstić information content (AvgIpc) is 2.35. The summed E-state index contributed by atoms with van der Waals surface area (Å²) in [5, 5.41) is 0.135. The van der Waals surface area contributed by atoms with E-state index in [4.69, 9.17) is 9.47 Å². The highest BCUT2D eigenvalue weighted by atomic mass is 32.2. The monoisotopic (exact) mass is 286 g/mol. The Labute approximate surface area is 115 Å². The molecule has 6 nitrogen and oxygen atoms in total. The van der Waals surface area contributed by atoms with E-state index in [2.05, 4.69) is 35.8 Å². The predicted molar refractivity (Wildman–Crippen MR) is 70.4 cm³/mol. The molecular formula is C12H14O6S. The van der Waals surface area contributed by atoms with Crippen molar-refractivity contribution in [1.82, 2.24) is 0 Å². The fraction of sp³-hybridized carbons (Fsp3) is 0.167.